The molecule has 0 saturated heterocycles. The number of carbonyl (C=O) groups is 1. The predicted molar refractivity (Wildman–Crippen MR) is 68.3 cm³/mol. The Balaban J connectivity index is 3.28. The summed E-state index contributed by atoms with van der Waals surface area (Å²) in [6.07, 6.45) is 0. The number of rotatable bonds is 6. The number of hydrogen-bond acceptors (Lipinski definition) is 5. The van der Waals surface area contributed by atoms with Crippen LogP contribution in [0.25, 0.3) is 0 Å². The van der Waals surface area contributed by atoms with Crippen LogP contribution in [0.1, 0.15) is 24.2 Å². The third-order valence-electron chi connectivity index (χ3n) is 2.20. The Kier molecular flexibility index (Phi) is 5.54. The average molecular weight is 272 g/mol. The van der Waals surface area contributed by atoms with Gasteiger partial charge in [-0.25, -0.2) is 4.79 Å². The van der Waals surface area contributed by atoms with Gasteiger partial charge in [-0.05, 0) is 26.0 Å². The molecule has 100 valence electrons. The summed E-state index contributed by atoms with van der Waals surface area (Å²) in [6, 6.07) is 6.43. The Morgan fingerprint density at radius 1 is 1.17 bits per heavy atom. The van der Waals surface area contributed by atoms with Crippen LogP contribution in [0.5, 0.6) is 0 Å². The molecule has 0 atom stereocenters. The summed E-state index contributed by atoms with van der Waals surface area (Å²) >= 11 is 0. The maximum absolute atomic E-state index is 12.6. The highest BCUT2D eigenvalue weighted by atomic mass is 31.2. The minimum Gasteiger partial charge on any atom is -0.465 e. The Morgan fingerprint density at radius 3 is 2.22 bits per heavy atom. The number of ether oxygens (including phenoxy) is 1. The summed E-state index contributed by atoms with van der Waals surface area (Å²) in [5, 5.41) is 0.237. The van der Waals surface area contributed by atoms with Crippen LogP contribution in [0, 0.1) is 0 Å². The third-order valence-corrected chi connectivity index (χ3v) is 4.38. The minimum atomic E-state index is -3.48. The second-order valence-corrected chi connectivity index (χ2v) is 5.33. The Bertz CT molecular complexity index is 448. The fraction of sp³-hybridized carbons (Fsp3) is 0.417. The molecule has 0 radical (unpaired) electrons. The predicted octanol–water partition coefficient (Wildman–Crippen LogP) is 2.36. The van der Waals surface area contributed by atoms with E-state index in [1.165, 1.54) is 13.2 Å². The van der Waals surface area contributed by atoms with Crippen LogP contribution in [0.4, 0.5) is 0 Å². The molecule has 0 unspecified atom stereocenters. The zero-order valence-electron chi connectivity index (χ0n) is 10.7. The summed E-state index contributed by atoms with van der Waals surface area (Å²) in [7, 11) is -2.21. The molecule has 0 amide bonds. The smallest absolute Gasteiger partial charge is 0.362 e. The van der Waals surface area contributed by atoms with E-state index in [1.54, 1.807) is 32.0 Å². The fourth-order valence-corrected chi connectivity index (χ4v) is 3.27. The summed E-state index contributed by atoms with van der Waals surface area (Å²) in [5.41, 5.74) is 0.199. The van der Waals surface area contributed by atoms with Crippen molar-refractivity contribution in [1.29, 1.82) is 0 Å². The lowest BCUT2D eigenvalue weighted by atomic mass is 10.2. The second kappa shape index (κ2) is 6.69. The van der Waals surface area contributed by atoms with E-state index in [2.05, 4.69) is 4.74 Å². The van der Waals surface area contributed by atoms with Gasteiger partial charge in [0.1, 0.15) is 0 Å². The molecule has 1 rings (SSSR count). The molecular formula is C12H17O5P. The molecule has 1 aromatic rings. The number of hydrogen-bond donors (Lipinski definition) is 0. The fourth-order valence-electron chi connectivity index (χ4n) is 1.51. The van der Waals surface area contributed by atoms with Crippen molar-refractivity contribution < 1.29 is 23.1 Å². The van der Waals surface area contributed by atoms with Crippen LogP contribution in [0.3, 0.4) is 0 Å². The second-order valence-electron chi connectivity index (χ2n) is 3.34. The average Bonchev–Trinajstić information content (AvgIpc) is 2.38. The van der Waals surface area contributed by atoms with Gasteiger partial charge in [0.15, 0.2) is 0 Å². The Hall–Kier alpha value is -1.16. The largest absolute Gasteiger partial charge is 0.465 e. The Labute approximate surface area is 107 Å². The molecule has 0 heterocycles. The molecular weight excluding hydrogens is 255 g/mol. The highest BCUT2D eigenvalue weighted by molar-refractivity contribution is 7.62. The molecule has 0 aliphatic heterocycles. The molecule has 18 heavy (non-hydrogen) atoms. The van der Waals surface area contributed by atoms with Crippen LogP contribution < -0.4 is 5.30 Å². The highest BCUT2D eigenvalue weighted by Gasteiger charge is 2.31. The first kappa shape index (κ1) is 14.9. The van der Waals surface area contributed by atoms with E-state index in [0.717, 1.165) is 0 Å². The highest BCUT2D eigenvalue weighted by Crippen LogP contribution is 2.47. The zero-order valence-corrected chi connectivity index (χ0v) is 11.6. The van der Waals surface area contributed by atoms with Gasteiger partial charge in [-0.3, -0.25) is 4.57 Å². The number of methoxy groups -OCH3 is 1. The van der Waals surface area contributed by atoms with E-state index >= 15 is 0 Å². The van der Waals surface area contributed by atoms with E-state index in [9.17, 15) is 9.36 Å². The molecule has 0 saturated carbocycles. The molecule has 0 N–H and O–H groups in total. The SMILES string of the molecule is CCOP(=O)(OCC)c1ccccc1C(=O)OC. The van der Waals surface area contributed by atoms with Crippen molar-refractivity contribution in [3.63, 3.8) is 0 Å². The van der Waals surface area contributed by atoms with Crippen molar-refractivity contribution in [1.82, 2.24) is 0 Å². The maximum Gasteiger partial charge on any atom is 0.362 e. The summed E-state index contributed by atoms with van der Waals surface area (Å²) < 4.78 is 27.7. The molecule has 5 nitrogen and oxygen atoms in total. The van der Waals surface area contributed by atoms with Crippen LogP contribution in [0.15, 0.2) is 24.3 Å². The molecule has 0 bridgehead atoms. The number of benzene rings is 1. The summed E-state index contributed by atoms with van der Waals surface area (Å²) in [5.74, 6) is -0.565. The first-order valence-electron chi connectivity index (χ1n) is 5.66. The van der Waals surface area contributed by atoms with E-state index < -0.39 is 13.6 Å². The van der Waals surface area contributed by atoms with Gasteiger partial charge in [-0.15, -0.1) is 0 Å². The minimum absolute atomic E-state index is 0.199. The van der Waals surface area contributed by atoms with E-state index in [4.69, 9.17) is 9.05 Å². The maximum atomic E-state index is 12.6. The van der Waals surface area contributed by atoms with Gasteiger partial charge in [-0.2, -0.15) is 0 Å². The van der Waals surface area contributed by atoms with Crippen LogP contribution in [-0.4, -0.2) is 26.3 Å². The Morgan fingerprint density at radius 2 is 1.72 bits per heavy atom. The van der Waals surface area contributed by atoms with E-state index in [1.807, 2.05) is 0 Å². The zero-order chi connectivity index (χ0) is 13.6. The monoisotopic (exact) mass is 272 g/mol. The molecule has 0 spiro atoms. The molecule has 6 heteroatoms. The van der Waals surface area contributed by atoms with Crippen molar-refractivity contribution in [3.8, 4) is 0 Å². The number of carbonyl (C=O) groups excluding carboxylic acids is 1. The normalized spacial score (nSPS) is 11.3. The van der Waals surface area contributed by atoms with Crippen molar-refractivity contribution in [2.75, 3.05) is 20.3 Å². The van der Waals surface area contributed by atoms with Gasteiger partial charge in [0.05, 0.1) is 31.2 Å². The van der Waals surface area contributed by atoms with E-state index in [0.29, 0.717) is 0 Å². The van der Waals surface area contributed by atoms with Crippen LogP contribution in [-0.2, 0) is 18.3 Å². The summed E-state index contributed by atoms with van der Waals surface area (Å²) in [6.45, 7) is 3.89. The number of esters is 1. The summed E-state index contributed by atoms with van der Waals surface area (Å²) in [4.78, 5) is 11.6. The molecule has 0 aromatic heterocycles. The standard InChI is InChI=1S/C12H17O5P/c1-4-16-18(14,17-5-2)11-9-7-6-8-10(11)12(13)15-3/h6-9H,4-5H2,1-3H3. The molecule has 0 aliphatic rings. The lowest BCUT2D eigenvalue weighted by molar-refractivity contribution is 0.0601. The van der Waals surface area contributed by atoms with Gasteiger partial charge in [0, 0.05) is 0 Å². The van der Waals surface area contributed by atoms with Gasteiger partial charge in [-0.1, -0.05) is 12.1 Å². The van der Waals surface area contributed by atoms with Gasteiger partial charge < -0.3 is 13.8 Å². The molecule has 1 aromatic carbocycles. The van der Waals surface area contributed by atoms with Crippen molar-refractivity contribution in [3.05, 3.63) is 29.8 Å². The van der Waals surface area contributed by atoms with Crippen molar-refractivity contribution >= 4 is 18.9 Å². The van der Waals surface area contributed by atoms with Crippen molar-refractivity contribution in [2.45, 2.75) is 13.8 Å². The lowest BCUT2D eigenvalue weighted by Crippen LogP contribution is -2.19. The van der Waals surface area contributed by atoms with Gasteiger partial charge >= 0.3 is 13.6 Å². The molecule has 0 fully saturated rings. The van der Waals surface area contributed by atoms with Gasteiger partial charge in [0.2, 0.25) is 0 Å². The van der Waals surface area contributed by atoms with E-state index in [-0.39, 0.29) is 24.1 Å². The first-order chi connectivity index (χ1) is 8.59. The third kappa shape index (κ3) is 3.19. The topological polar surface area (TPSA) is 61.8 Å². The van der Waals surface area contributed by atoms with Crippen LogP contribution in [0.2, 0.25) is 0 Å². The molecule has 0 aliphatic carbocycles. The lowest BCUT2D eigenvalue weighted by Gasteiger charge is -2.19. The van der Waals surface area contributed by atoms with Gasteiger partial charge in [0.25, 0.3) is 0 Å². The first-order valence-corrected chi connectivity index (χ1v) is 7.20. The van der Waals surface area contributed by atoms with Crippen LogP contribution >= 0.6 is 7.60 Å². The quantitative estimate of drug-likeness (QED) is 0.587. The van der Waals surface area contributed by atoms with Crippen molar-refractivity contribution in [2.24, 2.45) is 0 Å².